The molecule has 0 aromatic carbocycles. The first-order chi connectivity index (χ1) is 9.72. The predicted molar refractivity (Wildman–Crippen MR) is 75.9 cm³/mol. The molecule has 0 aliphatic carbocycles. The normalized spacial score (nSPS) is 12.3. The van der Waals surface area contributed by atoms with Crippen molar-refractivity contribution >= 4 is 17.7 Å². The van der Waals surface area contributed by atoms with E-state index in [1.54, 1.807) is 0 Å². The summed E-state index contributed by atoms with van der Waals surface area (Å²) in [6.07, 6.45) is 3.93. The molecule has 1 atom stereocenters. The van der Waals surface area contributed by atoms with Gasteiger partial charge < -0.3 is 10.4 Å². The van der Waals surface area contributed by atoms with Crippen LogP contribution in [0.15, 0.2) is 17.8 Å². The van der Waals surface area contributed by atoms with Crippen LogP contribution in [-0.4, -0.2) is 53.2 Å². The molecule has 0 bridgehead atoms. The molecule has 1 unspecified atom stereocenters. The summed E-state index contributed by atoms with van der Waals surface area (Å²) in [4.78, 5) is 16.8. The first-order valence-corrected chi connectivity index (χ1v) is 7.23. The minimum Gasteiger partial charge on any atom is -0.395 e. The number of nitrogens with zero attached hydrogens (tertiary/aromatic N) is 6. The van der Waals surface area contributed by atoms with Crippen LogP contribution in [0.1, 0.15) is 20.3 Å². The molecule has 0 saturated heterocycles. The van der Waals surface area contributed by atoms with E-state index in [9.17, 15) is 0 Å². The van der Waals surface area contributed by atoms with Crippen molar-refractivity contribution in [3.63, 3.8) is 0 Å². The molecule has 0 fully saturated rings. The summed E-state index contributed by atoms with van der Waals surface area (Å²) in [5.74, 6) is 0.906. The molecule has 2 rings (SSSR count). The molecular formula is C11H17N7OS. The van der Waals surface area contributed by atoms with Crippen molar-refractivity contribution in [1.82, 2.24) is 29.7 Å². The maximum absolute atomic E-state index is 9.12. The molecule has 0 saturated carbocycles. The van der Waals surface area contributed by atoms with Gasteiger partial charge in [0.15, 0.2) is 5.16 Å². The van der Waals surface area contributed by atoms with Crippen LogP contribution in [0.5, 0.6) is 0 Å². The second-order valence-electron chi connectivity index (χ2n) is 4.12. The number of nitrogens with one attached hydrogen (secondary N) is 1. The second-order valence-corrected chi connectivity index (χ2v) is 5.53. The molecule has 0 amide bonds. The molecule has 0 aliphatic heterocycles. The van der Waals surface area contributed by atoms with Crippen LogP contribution in [0.4, 0.5) is 5.95 Å². The van der Waals surface area contributed by atoms with Crippen molar-refractivity contribution in [3.05, 3.63) is 12.7 Å². The van der Waals surface area contributed by atoms with Gasteiger partial charge in [0.05, 0.1) is 6.61 Å². The SMILES string of the molecule is CCCNc1nc(SC(C)CO)nc(-n2cncn2)n1. The van der Waals surface area contributed by atoms with Crippen LogP contribution in [0.2, 0.25) is 0 Å². The van der Waals surface area contributed by atoms with Gasteiger partial charge in [0.2, 0.25) is 5.95 Å². The average molecular weight is 295 g/mol. The smallest absolute Gasteiger partial charge is 0.257 e. The van der Waals surface area contributed by atoms with Gasteiger partial charge in [-0.1, -0.05) is 25.6 Å². The minimum absolute atomic E-state index is 0.0139. The molecule has 8 nitrogen and oxygen atoms in total. The Labute approximate surface area is 121 Å². The molecule has 20 heavy (non-hydrogen) atoms. The van der Waals surface area contributed by atoms with Gasteiger partial charge in [-0.25, -0.2) is 4.98 Å². The van der Waals surface area contributed by atoms with Crippen molar-refractivity contribution in [2.45, 2.75) is 30.7 Å². The lowest BCUT2D eigenvalue weighted by molar-refractivity contribution is 0.300. The Balaban J connectivity index is 2.28. The van der Waals surface area contributed by atoms with Crippen molar-refractivity contribution in [2.24, 2.45) is 0 Å². The Morgan fingerprint density at radius 2 is 2.25 bits per heavy atom. The van der Waals surface area contributed by atoms with E-state index in [4.69, 9.17) is 5.11 Å². The third-order valence-corrected chi connectivity index (χ3v) is 3.27. The lowest BCUT2D eigenvalue weighted by Gasteiger charge is -2.09. The van der Waals surface area contributed by atoms with Crippen molar-refractivity contribution < 1.29 is 5.11 Å². The summed E-state index contributed by atoms with van der Waals surface area (Å²) in [5.41, 5.74) is 0. The molecule has 2 heterocycles. The van der Waals surface area contributed by atoms with Crippen LogP contribution in [0.3, 0.4) is 0 Å². The van der Waals surface area contributed by atoms with Crippen LogP contribution < -0.4 is 5.32 Å². The summed E-state index contributed by atoms with van der Waals surface area (Å²) < 4.78 is 1.48. The van der Waals surface area contributed by atoms with E-state index >= 15 is 0 Å². The first kappa shape index (κ1) is 14.7. The molecule has 0 aliphatic rings. The average Bonchev–Trinajstić information content (AvgIpc) is 2.99. The fourth-order valence-corrected chi connectivity index (χ4v) is 2.05. The summed E-state index contributed by atoms with van der Waals surface area (Å²) in [7, 11) is 0. The Morgan fingerprint density at radius 3 is 2.90 bits per heavy atom. The van der Waals surface area contributed by atoms with Crippen LogP contribution in [-0.2, 0) is 0 Å². The van der Waals surface area contributed by atoms with Crippen LogP contribution in [0, 0.1) is 0 Å². The van der Waals surface area contributed by atoms with Gasteiger partial charge in [0.25, 0.3) is 5.95 Å². The highest BCUT2D eigenvalue weighted by atomic mass is 32.2. The third-order valence-electron chi connectivity index (χ3n) is 2.32. The second kappa shape index (κ2) is 7.15. The van der Waals surface area contributed by atoms with E-state index in [-0.39, 0.29) is 11.9 Å². The fourth-order valence-electron chi connectivity index (χ4n) is 1.35. The Bertz CT molecular complexity index is 534. The number of aromatic nitrogens is 6. The predicted octanol–water partition coefficient (Wildman–Crippen LogP) is 0.747. The highest BCUT2D eigenvalue weighted by molar-refractivity contribution is 7.99. The van der Waals surface area contributed by atoms with Gasteiger partial charge in [-0.2, -0.15) is 24.7 Å². The number of hydrogen-bond acceptors (Lipinski definition) is 8. The topological polar surface area (TPSA) is 102 Å². The molecule has 2 N–H and O–H groups in total. The van der Waals surface area contributed by atoms with Crippen LogP contribution in [0.25, 0.3) is 5.95 Å². The molecule has 0 radical (unpaired) electrons. The van der Waals surface area contributed by atoms with Gasteiger partial charge in [0.1, 0.15) is 12.7 Å². The quantitative estimate of drug-likeness (QED) is 0.721. The number of hydrogen-bond donors (Lipinski definition) is 2. The maximum Gasteiger partial charge on any atom is 0.257 e. The molecule has 108 valence electrons. The zero-order valence-electron chi connectivity index (χ0n) is 11.4. The Kier molecular flexibility index (Phi) is 5.24. The Morgan fingerprint density at radius 1 is 1.40 bits per heavy atom. The summed E-state index contributed by atoms with van der Waals surface area (Å²) in [5, 5.41) is 16.8. The van der Waals surface area contributed by atoms with Gasteiger partial charge in [-0.3, -0.25) is 0 Å². The Hall–Kier alpha value is -1.74. The zero-order chi connectivity index (χ0) is 14.4. The van der Waals surface area contributed by atoms with E-state index < -0.39 is 0 Å². The minimum atomic E-state index is 0.0139. The highest BCUT2D eigenvalue weighted by Crippen LogP contribution is 2.20. The monoisotopic (exact) mass is 295 g/mol. The number of anilines is 1. The number of aliphatic hydroxyl groups excluding tert-OH is 1. The summed E-state index contributed by atoms with van der Waals surface area (Å²) in [6, 6.07) is 0. The van der Waals surface area contributed by atoms with Gasteiger partial charge in [-0.05, 0) is 6.42 Å². The van der Waals surface area contributed by atoms with Gasteiger partial charge in [-0.15, -0.1) is 0 Å². The lowest BCUT2D eigenvalue weighted by Crippen LogP contribution is -2.12. The van der Waals surface area contributed by atoms with E-state index in [0.29, 0.717) is 17.1 Å². The van der Waals surface area contributed by atoms with Crippen molar-refractivity contribution in [2.75, 3.05) is 18.5 Å². The van der Waals surface area contributed by atoms with E-state index in [0.717, 1.165) is 13.0 Å². The molecule has 2 aromatic rings. The van der Waals surface area contributed by atoms with Crippen molar-refractivity contribution in [3.8, 4) is 5.95 Å². The van der Waals surface area contributed by atoms with Crippen molar-refractivity contribution in [1.29, 1.82) is 0 Å². The number of aliphatic hydroxyl groups is 1. The molecule has 2 aromatic heterocycles. The van der Waals surface area contributed by atoms with E-state index in [1.165, 1.54) is 29.1 Å². The highest BCUT2D eigenvalue weighted by Gasteiger charge is 2.11. The first-order valence-electron chi connectivity index (χ1n) is 6.35. The lowest BCUT2D eigenvalue weighted by atomic mass is 10.5. The molecule has 9 heteroatoms. The van der Waals surface area contributed by atoms with E-state index in [2.05, 4.69) is 37.3 Å². The molecular weight excluding hydrogens is 278 g/mol. The number of rotatable bonds is 7. The molecule has 0 spiro atoms. The maximum atomic E-state index is 9.12. The largest absolute Gasteiger partial charge is 0.395 e. The third kappa shape index (κ3) is 3.87. The zero-order valence-corrected chi connectivity index (χ0v) is 12.2. The van der Waals surface area contributed by atoms with Crippen LogP contribution >= 0.6 is 11.8 Å². The van der Waals surface area contributed by atoms with Gasteiger partial charge >= 0.3 is 0 Å². The van der Waals surface area contributed by atoms with E-state index in [1.807, 2.05) is 6.92 Å². The number of thioether (sulfide) groups is 1. The summed E-state index contributed by atoms with van der Waals surface area (Å²) in [6.45, 7) is 4.81. The standard InChI is InChI=1S/C11H17N7OS/c1-3-4-13-9-15-10(18-7-12-6-14-18)17-11(16-9)20-8(2)5-19/h6-8,19H,3-5H2,1-2H3,(H,13,15,16,17). The fraction of sp³-hybridized carbons (Fsp3) is 0.545. The summed E-state index contributed by atoms with van der Waals surface area (Å²) >= 11 is 1.39. The van der Waals surface area contributed by atoms with Gasteiger partial charge in [0, 0.05) is 11.8 Å².